The number of nitrogens with one attached hydrogen (secondary N) is 2. The predicted octanol–water partition coefficient (Wildman–Crippen LogP) is 2.38. The van der Waals surface area contributed by atoms with Crippen LogP contribution < -0.4 is 10.6 Å². The minimum atomic E-state index is -0.183. The maximum absolute atomic E-state index is 12.2. The molecule has 0 unspecified atom stereocenters. The first-order valence-corrected chi connectivity index (χ1v) is 7.89. The van der Waals surface area contributed by atoms with Crippen LogP contribution in [0.5, 0.6) is 0 Å². The van der Waals surface area contributed by atoms with E-state index in [4.69, 9.17) is 0 Å². The fraction of sp³-hybridized carbons (Fsp3) is 0.875. The first-order valence-electron chi connectivity index (χ1n) is 7.89. The van der Waals surface area contributed by atoms with E-state index in [1.807, 2.05) is 27.7 Å². The molecule has 0 heterocycles. The lowest BCUT2D eigenvalue weighted by Crippen LogP contribution is -2.55. The largest absolute Gasteiger partial charge is 0.351 e. The van der Waals surface area contributed by atoms with E-state index in [0.717, 1.165) is 38.5 Å². The van der Waals surface area contributed by atoms with Crippen LogP contribution in [0.3, 0.4) is 0 Å². The molecule has 4 nitrogen and oxygen atoms in total. The van der Waals surface area contributed by atoms with Crippen LogP contribution in [0, 0.1) is 10.8 Å². The second kappa shape index (κ2) is 5.38. The molecule has 20 heavy (non-hydrogen) atoms. The Morgan fingerprint density at radius 1 is 0.800 bits per heavy atom. The maximum Gasteiger partial charge on any atom is 0.226 e. The van der Waals surface area contributed by atoms with Crippen LogP contribution in [-0.2, 0) is 9.59 Å². The van der Waals surface area contributed by atoms with Crippen LogP contribution in [0.2, 0.25) is 0 Å². The Labute approximate surface area is 122 Å². The van der Waals surface area contributed by atoms with E-state index >= 15 is 0 Å². The zero-order valence-corrected chi connectivity index (χ0v) is 13.2. The fourth-order valence-corrected chi connectivity index (χ4v) is 2.88. The van der Waals surface area contributed by atoms with Crippen molar-refractivity contribution in [2.24, 2.45) is 10.8 Å². The zero-order valence-electron chi connectivity index (χ0n) is 13.2. The van der Waals surface area contributed by atoms with Gasteiger partial charge in [0.15, 0.2) is 0 Å². The van der Waals surface area contributed by atoms with Crippen molar-refractivity contribution in [3.05, 3.63) is 0 Å². The number of hydrogen-bond donors (Lipinski definition) is 2. The molecule has 0 aromatic rings. The van der Waals surface area contributed by atoms with E-state index in [2.05, 4.69) is 10.6 Å². The molecule has 2 amide bonds. The maximum atomic E-state index is 12.2. The van der Waals surface area contributed by atoms with Gasteiger partial charge in [-0.1, -0.05) is 26.7 Å². The highest BCUT2D eigenvalue weighted by Gasteiger charge is 2.41. The molecule has 114 valence electrons. The normalized spacial score (nSPS) is 25.6. The Balaban J connectivity index is 1.81. The minimum Gasteiger partial charge on any atom is -0.351 e. The average molecular weight is 280 g/mol. The Bertz CT molecular complexity index is 359. The van der Waals surface area contributed by atoms with E-state index < -0.39 is 0 Å². The molecule has 2 fully saturated rings. The second-order valence-electron chi connectivity index (χ2n) is 7.35. The fourth-order valence-electron chi connectivity index (χ4n) is 2.88. The van der Waals surface area contributed by atoms with Gasteiger partial charge in [-0.2, -0.15) is 0 Å². The highest BCUT2D eigenvalue weighted by Crippen LogP contribution is 2.41. The van der Waals surface area contributed by atoms with Gasteiger partial charge < -0.3 is 10.6 Å². The second-order valence-corrected chi connectivity index (χ2v) is 7.35. The number of carbonyl (C=O) groups is 2. The van der Waals surface area contributed by atoms with E-state index in [-0.39, 0.29) is 34.7 Å². The van der Waals surface area contributed by atoms with Gasteiger partial charge in [0.05, 0.1) is 0 Å². The number of rotatable bonds is 5. The van der Waals surface area contributed by atoms with Gasteiger partial charge in [-0.05, 0) is 39.5 Å². The molecule has 0 saturated heterocycles. The van der Waals surface area contributed by atoms with Crippen molar-refractivity contribution in [3.8, 4) is 0 Å². The van der Waals surface area contributed by atoms with Crippen LogP contribution in [0.25, 0.3) is 0 Å². The van der Waals surface area contributed by atoms with Gasteiger partial charge in [0.25, 0.3) is 0 Å². The third-order valence-electron chi connectivity index (χ3n) is 5.48. The van der Waals surface area contributed by atoms with Crippen molar-refractivity contribution in [1.29, 1.82) is 0 Å². The summed E-state index contributed by atoms with van der Waals surface area (Å²) in [6, 6.07) is -0.0693. The van der Waals surface area contributed by atoms with Gasteiger partial charge in [0.2, 0.25) is 11.8 Å². The van der Waals surface area contributed by atoms with Crippen LogP contribution in [0.1, 0.15) is 66.2 Å². The van der Waals surface area contributed by atoms with Crippen LogP contribution in [0.15, 0.2) is 0 Å². The Morgan fingerprint density at radius 3 is 1.30 bits per heavy atom. The molecule has 2 saturated carbocycles. The van der Waals surface area contributed by atoms with E-state index in [0.29, 0.717) is 0 Å². The molecule has 0 radical (unpaired) electrons. The summed E-state index contributed by atoms with van der Waals surface area (Å²) in [5, 5.41) is 6.12. The molecular formula is C16H28N2O2. The van der Waals surface area contributed by atoms with Gasteiger partial charge >= 0.3 is 0 Å². The van der Waals surface area contributed by atoms with Gasteiger partial charge in [-0.15, -0.1) is 0 Å². The van der Waals surface area contributed by atoms with Crippen molar-refractivity contribution >= 4 is 11.8 Å². The Kier molecular flexibility index (Phi) is 4.12. The van der Waals surface area contributed by atoms with Crippen LogP contribution >= 0.6 is 0 Å². The lowest BCUT2D eigenvalue weighted by atomic mass is 9.69. The summed E-state index contributed by atoms with van der Waals surface area (Å²) >= 11 is 0. The standard InChI is InChI=1S/C16H28N2O2/c1-11(17-13(19)15(3)7-5-8-15)12(2)18-14(20)16(4)9-6-10-16/h11-12H,5-10H2,1-4H3,(H,17,19)(H,18,20)/t11-,12-/m1/s1. The van der Waals surface area contributed by atoms with Gasteiger partial charge in [0.1, 0.15) is 0 Å². The molecule has 0 aliphatic heterocycles. The third kappa shape index (κ3) is 2.84. The zero-order chi connectivity index (χ0) is 15.0. The molecule has 0 aromatic heterocycles. The summed E-state index contributed by atoms with van der Waals surface area (Å²) < 4.78 is 0. The third-order valence-corrected chi connectivity index (χ3v) is 5.48. The monoisotopic (exact) mass is 280 g/mol. The van der Waals surface area contributed by atoms with Gasteiger partial charge in [-0.25, -0.2) is 0 Å². The molecule has 4 heteroatoms. The Morgan fingerprint density at radius 2 is 1.10 bits per heavy atom. The molecule has 2 aliphatic carbocycles. The highest BCUT2D eigenvalue weighted by atomic mass is 16.2. The van der Waals surface area contributed by atoms with Crippen molar-refractivity contribution in [1.82, 2.24) is 10.6 Å². The molecule has 2 rings (SSSR count). The summed E-state index contributed by atoms with van der Waals surface area (Å²) in [5.41, 5.74) is -0.365. The Hall–Kier alpha value is -1.06. The molecule has 2 aliphatic rings. The number of hydrogen-bond acceptors (Lipinski definition) is 2. The smallest absolute Gasteiger partial charge is 0.226 e. The van der Waals surface area contributed by atoms with Gasteiger partial charge in [0, 0.05) is 22.9 Å². The summed E-state index contributed by atoms with van der Waals surface area (Å²) in [7, 11) is 0. The van der Waals surface area contributed by atoms with E-state index in [1.165, 1.54) is 0 Å². The molecule has 0 aromatic carbocycles. The summed E-state index contributed by atoms with van der Waals surface area (Å²) in [4.78, 5) is 24.4. The SMILES string of the molecule is C[C@@H](NC(=O)C1(C)CCC1)[C@@H](C)NC(=O)C1(C)CCC1. The molecule has 0 bridgehead atoms. The lowest BCUT2D eigenvalue weighted by Gasteiger charge is -2.40. The molecule has 0 spiro atoms. The molecule has 2 N–H and O–H groups in total. The number of carbonyl (C=O) groups excluding carboxylic acids is 2. The van der Waals surface area contributed by atoms with Crippen molar-refractivity contribution in [2.75, 3.05) is 0 Å². The summed E-state index contributed by atoms with van der Waals surface area (Å²) in [6.45, 7) is 7.98. The average Bonchev–Trinajstić information content (AvgIpc) is 2.32. The minimum absolute atomic E-state index is 0.0347. The summed E-state index contributed by atoms with van der Waals surface area (Å²) in [6.07, 6.45) is 6.19. The number of amides is 2. The first kappa shape index (κ1) is 15.3. The van der Waals surface area contributed by atoms with Crippen LogP contribution in [-0.4, -0.2) is 23.9 Å². The predicted molar refractivity (Wildman–Crippen MR) is 79.1 cm³/mol. The van der Waals surface area contributed by atoms with E-state index in [9.17, 15) is 9.59 Å². The van der Waals surface area contributed by atoms with E-state index in [1.54, 1.807) is 0 Å². The summed E-state index contributed by atoms with van der Waals surface area (Å²) in [5.74, 6) is 0.263. The van der Waals surface area contributed by atoms with Crippen molar-refractivity contribution in [2.45, 2.75) is 78.3 Å². The van der Waals surface area contributed by atoms with Crippen molar-refractivity contribution in [3.63, 3.8) is 0 Å². The molecule has 2 atom stereocenters. The topological polar surface area (TPSA) is 58.2 Å². The van der Waals surface area contributed by atoms with Crippen LogP contribution in [0.4, 0.5) is 0 Å². The van der Waals surface area contributed by atoms with Crippen molar-refractivity contribution < 1.29 is 9.59 Å². The highest BCUT2D eigenvalue weighted by molar-refractivity contribution is 5.84. The first-order chi connectivity index (χ1) is 9.27. The van der Waals surface area contributed by atoms with Gasteiger partial charge in [-0.3, -0.25) is 9.59 Å². The lowest BCUT2D eigenvalue weighted by molar-refractivity contribution is -0.137. The quantitative estimate of drug-likeness (QED) is 0.812. The molecular weight excluding hydrogens is 252 g/mol.